The van der Waals surface area contributed by atoms with Crippen LogP contribution in [0, 0.1) is 5.92 Å². The van der Waals surface area contributed by atoms with E-state index in [1.165, 1.54) is 0 Å². The fourth-order valence-corrected chi connectivity index (χ4v) is 1.97. The first-order valence-electron chi connectivity index (χ1n) is 6.71. The molecule has 0 aromatic heterocycles. The number of rotatable bonds is 7. The minimum atomic E-state index is 0.0623. The van der Waals surface area contributed by atoms with Crippen LogP contribution in [0.1, 0.15) is 33.6 Å². The highest BCUT2D eigenvalue weighted by molar-refractivity contribution is 5.90. The van der Waals surface area contributed by atoms with Gasteiger partial charge in [0.25, 0.3) is 0 Å². The molecule has 0 saturated heterocycles. The average molecular weight is 248 g/mol. The van der Waals surface area contributed by atoms with E-state index in [2.05, 4.69) is 31.4 Å². The first-order valence-corrected chi connectivity index (χ1v) is 6.71. The minimum absolute atomic E-state index is 0.0623. The van der Waals surface area contributed by atoms with Crippen molar-refractivity contribution in [3.63, 3.8) is 0 Å². The summed E-state index contributed by atoms with van der Waals surface area (Å²) in [5, 5.41) is 6.31. The fraction of sp³-hybridized carbons (Fsp3) is 0.533. The number of anilines is 1. The minimum Gasteiger partial charge on any atom is -0.326 e. The van der Waals surface area contributed by atoms with Gasteiger partial charge in [-0.15, -0.1) is 0 Å². The Hall–Kier alpha value is -1.35. The molecular formula is C15H24N2O. The Morgan fingerprint density at radius 2 is 1.89 bits per heavy atom. The molecule has 0 aliphatic rings. The van der Waals surface area contributed by atoms with E-state index in [1.54, 1.807) is 0 Å². The van der Waals surface area contributed by atoms with Crippen molar-refractivity contribution in [2.45, 2.75) is 39.7 Å². The van der Waals surface area contributed by atoms with Gasteiger partial charge in [0.15, 0.2) is 0 Å². The predicted molar refractivity (Wildman–Crippen MR) is 76.6 cm³/mol. The normalized spacial score (nSPS) is 12.4. The summed E-state index contributed by atoms with van der Waals surface area (Å²) in [5.74, 6) is 0.666. The van der Waals surface area contributed by atoms with E-state index in [0.717, 1.165) is 18.7 Å². The lowest BCUT2D eigenvalue weighted by atomic mass is 10.0. The third kappa shape index (κ3) is 5.32. The molecule has 1 atom stereocenters. The zero-order valence-electron chi connectivity index (χ0n) is 11.6. The standard InChI is InChI=1S/C15H24N2O/c1-4-14(12(2)3)16-11-10-15(18)17-13-8-6-5-7-9-13/h5-9,12,14,16H,4,10-11H2,1-3H3,(H,17,18). The molecule has 100 valence electrons. The summed E-state index contributed by atoms with van der Waals surface area (Å²) in [6.45, 7) is 7.30. The van der Waals surface area contributed by atoms with Gasteiger partial charge in [-0.2, -0.15) is 0 Å². The van der Waals surface area contributed by atoms with Gasteiger partial charge < -0.3 is 10.6 Å². The second kappa shape index (κ2) is 7.88. The van der Waals surface area contributed by atoms with Crippen molar-refractivity contribution in [1.29, 1.82) is 0 Å². The van der Waals surface area contributed by atoms with E-state index in [4.69, 9.17) is 0 Å². The van der Waals surface area contributed by atoms with Crippen molar-refractivity contribution in [3.8, 4) is 0 Å². The first-order chi connectivity index (χ1) is 8.63. The predicted octanol–water partition coefficient (Wildman–Crippen LogP) is 3.04. The summed E-state index contributed by atoms with van der Waals surface area (Å²) < 4.78 is 0. The van der Waals surface area contributed by atoms with Crippen LogP contribution in [0.15, 0.2) is 30.3 Å². The first kappa shape index (κ1) is 14.7. The number of hydrogen-bond donors (Lipinski definition) is 2. The van der Waals surface area contributed by atoms with Gasteiger partial charge in [-0.3, -0.25) is 4.79 Å². The summed E-state index contributed by atoms with van der Waals surface area (Å²) in [7, 11) is 0. The van der Waals surface area contributed by atoms with Crippen LogP contribution in [0.2, 0.25) is 0 Å². The van der Waals surface area contributed by atoms with Gasteiger partial charge in [-0.25, -0.2) is 0 Å². The number of amides is 1. The second-order valence-electron chi connectivity index (χ2n) is 4.88. The molecule has 0 aliphatic heterocycles. The topological polar surface area (TPSA) is 41.1 Å². The van der Waals surface area contributed by atoms with E-state index < -0.39 is 0 Å². The molecule has 0 radical (unpaired) electrons. The maximum atomic E-state index is 11.7. The quantitative estimate of drug-likeness (QED) is 0.778. The largest absolute Gasteiger partial charge is 0.326 e. The molecule has 0 aliphatic carbocycles. The molecule has 0 spiro atoms. The maximum Gasteiger partial charge on any atom is 0.225 e. The van der Waals surface area contributed by atoms with Crippen LogP contribution in [-0.2, 0) is 4.79 Å². The molecular weight excluding hydrogens is 224 g/mol. The molecule has 3 heteroatoms. The highest BCUT2D eigenvalue weighted by Crippen LogP contribution is 2.06. The number of benzene rings is 1. The SMILES string of the molecule is CCC(NCCC(=O)Nc1ccccc1)C(C)C. The Morgan fingerprint density at radius 3 is 2.44 bits per heavy atom. The zero-order chi connectivity index (χ0) is 13.4. The summed E-state index contributed by atoms with van der Waals surface area (Å²) in [4.78, 5) is 11.7. The van der Waals surface area contributed by atoms with Crippen LogP contribution >= 0.6 is 0 Å². The van der Waals surface area contributed by atoms with Crippen LogP contribution < -0.4 is 10.6 Å². The molecule has 1 aromatic rings. The van der Waals surface area contributed by atoms with Crippen LogP contribution in [0.5, 0.6) is 0 Å². The molecule has 0 fully saturated rings. The Kier molecular flexibility index (Phi) is 6.44. The summed E-state index contributed by atoms with van der Waals surface area (Å²) in [6, 6.07) is 10.1. The maximum absolute atomic E-state index is 11.7. The van der Waals surface area contributed by atoms with Crippen molar-refractivity contribution < 1.29 is 4.79 Å². The Labute approximate surface area is 110 Å². The average Bonchev–Trinajstić information content (AvgIpc) is 2.35. The Bertz CT molecular complexity index is 349. The summed E-state index contributed by atoms with van der Waals surface area (Å²) in [5.41, 5.74) is 0.860. The second-order valence-corrected chi connectivity index (χ2v) is 4.88. The van der Waals surface area contributed by atoms with Crippen molar-refractivity contribution in [2.75, 3.05) is 11.9 Å². The third-order valence-electron chi connectivity index (χ3n) is 3.06. The van der Waals surface area contributed by atoms with Crippen molar-refractivity contribution in [3.05, 3.63) is 30.3 Å². The molecule has 0 heterocycles. The number of nitrogens with one attached hydrogen (secondary N) is 2. The molecule has 1 amide bonds. The van der Waals surface area contributed by atoms with Gasteiger partial charge in [0.1, 0.15) is 0 Å². The van der Waals surface area contributed by atoms with Gasteiger partial charge in [-0.05, 0) is 24.5 Å². The molecule has 1 rings (SSSR count). The highest BCUT2D eigenvalue weighted by Gasteiger charge is 2.10. The van der Waals surface area contributed by atoms with Crippen LogP contribution in [0.25, 0.3) is 0 Å². The smallest absolute Gasteiger partial charge is 0.225 e. The van der Waals surface area contributed by atoms with Gasteiger partial charge in [0.05, 0.1) is 0 Å². The zero-order valence-corrected chi connectivity index (χ0v) is 11.6. The molecule has 18 heavy (non-hydrogen) atoms. The van der Waals surface area contributed by atoms with E-state index >= 15 is 0 Å². The lowest BCUT2D eigenvalue weighted by Gasteiger charge is -2.20. The van der Waals surface area contributed by atoms with E-state index in [0.29, 0.717) is 18.4 Å². The monoisotopic (exact) mass is 248 g/mol. The number of para-hydroxylation sites is 1. The summed E-state index contributed by atoms with van der Waals surface area (Å²) >= 11 is 0. The van der Waals surface area contributed by atoms with Crippen molar-refractivity contribution >= 4 is 11.6 Å². The molecule has 1 aromatic carbocycles. The fourth-order valence-electron chi connectivity index (χ4n) is 1.97. The van der Waals surface area contributed by atoms with Crippen molar-refractivity contribution in [1.82, 2.24) is 5.32 Å². The molecule has 0 bridgehead atoms. The van der Waals surface area contributed by atoms with Gasteiger partial charge >= 0.3 is 0 Å². The van der Waals surface area contributed by atoms with Gasteiger partial charge in [-0.1, -0.05) is 39.0 Å². The number of carbonyl (C=O) groups is 1. The third-order valence-corrected chi connectivity index (χ3v) is 3.06. The van der Waals surface area contributed by atoms with E-state index in [1.807, 2.05) is 30.3 Å². The Balaban J connectivity index is 2.25. The number of hydrogen-bond acceptors (Lipinski definition) is 2. The van der Waals surface area contributed by atoms with Gasteiger partial charge in [0, 0.05) is 24.7 Å². The lowest BCUT2D eigenvalue weighted by Crippen LogP contribution is -2.35. The highest BCUT2D eigenvalue weighted by atomic mass is 16.1. The van der Waals surface area contributed by atoms with Crippen LogP contribution in [0.3, 0.4) is 0 Å². The van der Waals surface area contributed by atoms with E-state index in [9.17, 15) is 4.79 Å². The molecule has 0 saturated carbocycles. The molecule has 1 unspecified atom stereocenters. The number of carbonyl (C=O) groups excluding carboxylic acids is 1. The van der Waals surface area contributed by atoms with E-state index in [-0.39, 0.29) is 5.91 Å². The lowest BCUT2D eigenvalue weighted by molar-refractivity contribution is -0.116. The Morgan fingerprint density at radius 1 is 1.22 bits per heavy atom. The van der Waals surface area contributed by atoms with Crippen LogP contribution in [-0.4, -0.2) is 18.5 Å². The molecule has 2 N–H and O–H groups in total. The van der Waals surface area contributed by atoms with Gasteiger partial charge in [0.2, 0.25) is 5.91 Å². The van der Waals surface area contributed by atoms with Crippen molar-refractivity contribution in [2.24, 2.45) is 5.92 Å². The van der Waals surface area contributed by atoms with Crippen LogP contribution in [0.4, 0.5) is 5.69 Å². The summed E-state index contributed by atoms with van der Waals surface area (Å²) in [6.07, 6.45) is 1.61. The molecule has 3 nitrogen and oxygen atoms in total.